The van der Waals surface area contributed by atoms with Crippen molar-refractivity contribution < 1.29 is 16.8 Å². The summed E-state index contributed by atoms with van der Waals surface area (Å²) in [5.74, 6) is 0. The maximum Gasteiger partial charge on any atom is 0.277 e. The van der Waals surface area contributed by atoms with E-state index in [0.717, 1.165) is 31.2 Å². The predicted molar refractivity (Wildman–Crippen MR) is 88.5 cm³/mol. The monoisotopic (exact) mass is 361 g/mol. The summed E-state index contributed by atoms with van der Waals surface area (Å²) >= 11 is 0. The summed E-state index contributed by atoms with van der Waals surface area (Å²) in [6, 6.07) is 6.33. The van der Waals surface area contributed by atoms with E-state index in [4.69, 9.17) is 5.14 Å². The summed E-state index contributed by atoms with van der Waals surface area (Å²) in [4.78, 5) is 0.0720. The Kier molecular flexibility index (Phi) is 6.15. The lowest BCUT2D eigenvalue weighted by atomic mass is 10.1. The van der Waals surface area contributed by atoms with E-state index in [2.05, 4.69) is 9.44 Å². The molecular weight excluding hydrogens is 338 g/mol. The Morgan fingerprint density at radius 1 is 1.04 bits per heavy atom. The number of nitrogens with one attached hydrogen (secondary N) is 2. The molecule has 1 fully saturated rings. The highest BCUT2D eigenvalue weighted by molar-refractivity contribution is 7.89. The molecule has 23 heavy (non-hydrogen) atoms. The van der Waals surface area contributed by atoms with Crippen LogP contribution in [0.25, 0.3) is 0 Å². The molecule has 0 saturated heterocycles. The highest BCUT2D eigenvalue weighted by atomic mass is 32.2. The van der Waals surface area contributed by atoms with Crippen LogP contribution in [0.5, 0.6) is 0 Å². The van der Waals surface area contributed by atoms with E-state index in [9.17, 15) is 16.8 Å². The van der Waals surface area contributed by atoms with Crippen LogP contribution in [0.2, 0.25) is 0 Å². The van der Waals surface area contributed by atoms with Crippen LogP contribution in [0.15, 0.2) is 29.2 Å². The third-order valence-corrected chi connectivity index (χ3v) is 6.02. The van der Waals surface area contributed by atoms with Gasteiger partial charge in [-0.3, -0.25) is 0 Å². The Morgan fingerprint density at radius 3 is 2.22 bits per heavy atom. The topological polar surface area (TPSA) is 118 Å². The second-order valence-corrected chi connectivity index (χ2v) is 8.88. The van der Waals surface area contributed by atoms with Gasteiger partial charge in [-0.2, -0.15) is 13.1 Å². The lowest BCUT2D eigenvalue weighted by Crippen LogP contribution is -2.42. The minimum Gasteiger partial charge on any atom is -0.225 e. The summed E-state index contributed by atoms with van der Waals surface area (Å²) in [5.41, 5.74) is 0.931. The largest absolute Gasteiger partial charge is 0.277 e. The van der Waals surface area contributed by atoms with E-state index >= 15 is 0 Å². The van der Waals surface area contributed by atoms with Crippen LogP contribution in [-0.2, 0) is 26.7 Å². The van der Waals surface area contributed by atoms with Crippen molar-refractivity contribution in [2.24, 2.45) is 5.14 Å². The van der Waals surface area contributed by atoms with Gasteiger partial charge in [0.15, 0.2) is 0 Å². The van der Waals surface area contributed by atoms with E-state index in [1.54, 1.807) is 12.1 Å². The van der Waals surface area contributed by atoms with Gasteiger partial charge in [0.2, 0.25) is 10.0 Å². The average Bonchev–Trinajstić information content (AvgIpc) is 2.95. The Hall–Kier alpha value is -1.00. The number of hydrogen-bond acceptors (Lipinski definition) is 4. The van der Waals surface area contributed by atoms with Gasteiger partial charge in [0.05, 0.1) is 4.90 Å². The summed E-state index contributed by atoms with van der Waals surface area (Å²) in [7, 11) is -7.12. The van der Waals surface area contributed by atoms with Crippen LogP contribution in [0.4, 0.5) is 0 Å². The molecule has 9 heteroatoms. The number of hydrogen-bond donors (Lipinski definition) is 3. The lowest BCUT2D eigenvalue weighted by molar-refractivity contribution is 0.537. The van der Waals surface area contributed by atoms with Gasteiger partial charge in [0.25, 0.3) is 10.2 Å². The Balaban J connectivity index is 1.74. The van der Waals surface area contributed by atoms with Crippen LogP contribution >= 0.6 is 0 Å². The Labute approximate surface area is 137 Å². The number of sulfonamides is 1. The first kappa shape index (κ1) is 18.3. The molecule has 1 saturated carbocycles. The number of rotatable bonds is 8. The van der Waals surface area contributed by atoms with Gasteiger partial charge in [-0.05, 0) is 43.4 Å². The first-order chi connectivity index (χ1) is 10.8. The van der Waals surface area contributed by atoms with Crippen molar-refractivity contribution in [3.8, 4) is 0 Å². The van der Waals surface area contributed by atoms with Crippen molar-refractivity contribution in [1.29, 1.82) is 0 Å². The fraction of sp³-hybridized carbons (Fsp3) is 0.571. The molecule has 130 valence electrons. The zero-order chi connectivity index (χ0) is 16.9. The summed E-state index contributed by atoms with van der Waals surface area (Å²) < 4.78 is 51.2. The molecule has 1 aromatic rings. The predicted octanol–water partition coefficient (Wildman–Crippen LogP) is 0.633. The zero-order valence-corrected chi connectivity index (χ0v) is 14.5. The maximum absolute atomic E-state index is 11.9. The highest BCUT2D eigenvalue weighted by Crippen LogP contribution is 2.18. The van der Waals surface area contributed by atoms with E-state index < -0.39 is 20.2 Å². The van der Waals surface area contributed by atoms with Crippen LogP contribution in [0.3, 0.4) is 0 Å². The molecule has 0 heterocycles. The van der Waals surface area contributed by atoms with Gasteiger partial charge in [-0.15, -0.1) is 0 Å². The van der Waals surface area contributed by atoms with Crippen LogP contribution < -0.4 is 14.6 Å². The number of primary sulfonamides is 1. The van der Waals surface area contributed by atoms with E-state index in [1.807, 2.05) is 0 Å². The van der Waals surface area contributed by atoms with Crippen LogP contribution in [0, 0.1) is 0 Å². The van der Waals surface area contributed by atoms with Crippen molar-refractivity contribution >= 4 is 20.2 Å². The molecule has 7 nitrogen and oxygen atoms in total. The third kappa shape index (κ3) is 6.19. The zero-order valence-electron chi connectivity index (χ0n) is 12.9. The molecule has 0 aliphatic heterocycles. The SMILES string of the molecule is NS(=O)(=O)c1ccc(CCCNS(=O)(=O)NC2CCCC2)cc1. The van der Waals surface area contributed by atoms with Crippen molar-refractivity contribution in [1.82, 2.24) is 9.44 Å². The van der Waals surface area contributed by atoms with Crippen molar-refractivity contribution in [3.63, 3.8) is 0 Å². The molecule has 4 N–H and O–H groups in total. The summed E-state index contributed by atoms with van der Waals surface area (Å²) in [6.07, 6.45) is 5.22. The molecule has 1 aliphatic rings. The average molecular weight is 361 g/mol. The molecule has 0 aromatic heterocycles. The fourth-order valence-electron chi connectivity index (χ4n) is 2.65. The molecule has 0 radical (unpaired) electrons. The van der Waals surface area contributed by atoms with E-state index in [-0.39, 0.29) is 10.9 Å². The number of aryl methyl sites for hydroxylation is 1. The van der Waals surface area contributed by atoms with Crippen LogP contribution in [0.1, 0.15) is 37.7 Å². The second-order valence-electron chi connectivity index (χ2n) is 5.79. The Bertz CT molecular complexity index is 709. The van der Waals surface area contributed by atoms with Crippen molar-refractivity contribution in [2.75, 3.05) is 6.54 Å². The Morgan fingerprint density at radius 2 is 1.65 bits per heavy atom. The second kappa shape index (κ2) is 7.71. The minimum atomic E-state index is -3.68. The van der Waals surface area contributed by atoms with Gasteiger partial charge >= 0.3 is 0 Å². The third-order valence-electron chi connectivity index (χ3n) is 3.86. The molecule has 0 amide bonds. The van der Waals surface area contributed by atoms with E-state index in [0.29, 0.717) is 19.4 Å². The first-order valence-corrected chi connectivity index (χ1v) is 10.7. The molecule has 1 aromatic carbocycles. The summed E-state index contributed by atoms with van der Waals surface area (Å²) in [6.45, 7) is 0.332. The number of benzene rings is 1. The van der Waals surface area contributed by atoms with Crippen molar-refractivity contribution in [2.45, 2.75) is 49.5 Å². The molecular formula is C14H23N3O4S2. The van der Waals surface area contributed by atoms with Gasteiger partial charge in [0.1, 0.15) is 0 Å². The molecule has 0 bridgehead atoms. The maximum atomic E-state index is 11.9. The van der Waals surface area contributed by atoms with Crippen molar-refractivity contribution in [3.05, 3.63) is 29.8 Å². The quantitative estimate of drug-likeness (QED) is 0.589. The molecule has 2 rings (SSSR count). The number of nitrogens with two attached hydrogens (primary N) is 1. The standard InChI is InChI=1S/C14H23N3O4S2/c15-22(18,19)14-9-7-12(8-10-14)4-3-11-16-23(20,21)17-13-5-1-2-6-13/h7-10,13,16-17H,1-6,11H2,(H2,15,18,19). The van der Waals surface area contributed by atoms with Gasteiger partial charge in [-0.1, -0.05) is 25.0 Å². The van der Waals surface area contributed by atoms with Gasteiger partial charge < -0.3 is 0 Å². The molecule has 0 unspecified atom stereocenters. The van der Waals surface area contributed by atoms with Gasteiger partial charge in [-0.25, -0.2) is 18.3 Å². The smallest absolute Gasteiger partial charge is 0.225 e. The van der Waals surface area contributed by atoms with Gasteiger partial charge in [0, 0.05) is 12.6 Å². The highest BCUT2D eigenvalue weighted by Gasteiger charge is 2.20. The summed E-state index contributed by atoms with van der Waals surface area (Å²) in [5, 5.41) is 5.03. The molecule has 0 atom stereocenters. The minimum absolute atomic E-state index is 0.0539. The molecule has 1 aliphatic carbocycles. The molecule has 0 spiro atoms. The van der Waals surface area contributed by atoms with E-state index in [1.165, 1.54) is 12.1 Å². The fourth-order valence-corrected chi connectivity index (χ4v) is 4.34. The van der Waals surface area contributed by atoms with Crippen LogP contribution in [-0.4, -0.2) is 29.4 Å². The lowest BCUT2D eigenvalue weighted by Gasteiger charge is -2.13. The first-order valence-electron chi connectivity index (χ1n) is 7.65. The normalized spacial score (nSPS) is 16.7.